The number of carbonyl (C=O) groups is 1. The van der Waals surface area contributed by atoms with Crippen molar-refractivity contribution in [3.05, 3.63) is 11.4 Å². The molecule has 5 heteroatoms. The van der Waals surface area contributed by atoms with Crippen molar-refractivity contribution in [3.63, 3.8) is 0 Å². The molecule has 1 aromatic rings. The van der Waals surface area contributed by atoms with E-state index in [0.29, 0.717) is 6.42 Å². The second-order valence-electron chi connectivity index (χ2n) is 4.48. The summed E-state index contributed by atoms with van der Waals surface area (Å²) < 4.78 is 6.48. The van der Waals surface area contributed by atoms with Crippen LogP contribution in [0.25, 0.3) is 0 Å². The lowest BCUT2D eigenvalue weighted by molar-refractivity contribution is -0.140. The van der Waals surface area contributed by atoms with Gasteiger partial charge in [-0.05, 0) is 26.7 Å². The molecule has 0 amide bonds. The van der Waals surface area contributed by atoms with Gasteiger partial charge in [-0.15, -0.1) is 0 Å². The van der Waals surface area contributed by atoms with Gasteiger partial charge in [-0.1, -0.05) is 6.42 Å². The molecule has 0 atom stereocenters. The Morgan fingerprint density at radius 1 is 1.33 bits per heavy atom. The van der Waals surface area contributed by atoms with Gasteiger partial charge < -0.3 is 10.1 Å². The molecule has 0 saturated carbocycles. The summed E-state index contributed by atoms with van der Waals surface area (Å²) in [6.07, 6.45) is 3.48. The molecular formula is C13H23N3O2. The molecule has 1 rings (SSSR count). The lowest BCUT2D eigenvalue weighted by atomic mass is 10.2. The van der Waals surface area contributed by atoms with Gasteiger partial charge in [0, 0.05) is 20.0 Å². The van der Waals surface area contributed by atoms with Crippen LogP contribution in [0.15, 0.2) is 0 Å². The lowest BCUT2D eigenvalue weighted by Crippen LogP contribution is -2.04. The molecule has 0 radical (unpaired) electrons. The van der Waals surface area contributed by atoms with Crippen LogP contribution in [0.4, 0.5) is 5.69 Å². The van der Waals surface area contributed by atoms with Gasteiger partial charge >= 0.3 is 5.97 Å². The van der Waals surface area contributed by atoms with Gasteiger partial charge in [0.05, 0.1) is 24.2 Å². The van der Waals surface area contributed by atoms with Crippen molar-refractivity contribution >= 4 is 11.7 Å². The summed E-state index contributed by atoms with van der Waals surface area (Å²) in [6.45, 7) is 4.97. The number of anilines is 1. The highest BCUT2D eigenvalue weighted by atomic mass is 16.5. The third kappa shape index (κ3) is 4.05. The van der Waals surface area contributed by atoms with E-state index in [1.54, 1.807) is 0 Å². The minimum atomic E-state index is -0.123. The number of aromatic nitrogens is 2. The first kappa shape index (κ1) is 14.5. The molecule has 0 aromatic carbocycles. The lowest BCUT2D eigenvalue weighted by Gasteiger charge is -2.06. The van der Waals surface area contributed by atoms with E-state index < -0.39 is 0 Å². The molecule has 1 aromatic heterocycles. The average Bonchev–Trinajstić information content (AvgIpc) is 2.59. The summed E-state index contributed by atoms with van der Waals surface area (Å²) in [4.78, 5) is 10.9. The van der Waals surface area contributed by atoms with Gasteiger partial charge in [0.25, 0.3) is 0 Å². The Morgan fingerprint density at radius 2 is 2.06 bits per heavy atom. The van der Waals surface area contributed by atoms with Crippen LogP contribution in [0.3, 0.4) is 0 Å². The van der Waals surface area contributed by atoms with Crippen LogP contribution >= 0.6 is 0 Å². The van der Waals surface area contributed by atoms with Crippen molar-refractivity contribution in [1.29, 1.82) is 0 Å². The smallest absolute Gasteiger partial charge is 0.305 e. The van der Waals surface area contributed by atoms with Crippen molar-refractivity contribution in [2.45, 2.75) is 39.5 Å². The molecule has 0 aliphatic carbocycles. The first-order valence-corrected chi connectivity index (χ1v) is 6.37. The Hall–Kier alpha value is -1.52. The molecule has 0 unspecified atom stereocenters. The maximum Gasteiger partial charge on any atom is 0.305 e. The minimum Gasteiger partial charge on any atom is -0.469 e. The standard InChI is InChI=1S/C13H23N3O2/c1-10-13(11(2)16(3)15-10)14-9-7-5-6-8-12(17)18-4/h14H,5-9H2,1-4H3. The SMILES string of the molecule is COC(=O)CCCCCNc1c(C)nn(C)c1C. The average molecular weight is 253 g/mol. The second-order valence-corrected chi connectivity index (χ2v) is 4.48. The Balaban J connectivity index is 2.20. The normalized spacial score (nSPS) is 10.4. The van der Waals surface area contributed by atoms with Gasteiger partial charge in [-0.3, -0.25) is 9.48 Å². The third-order valence-corrected chi connectivity index (χ3v) is 3.10. The Kier molecular flexibility index (Phi) is 5.68. The number of esters is 1. The van der Waals surface area contributed by atoms with Gasteiger partial charge in [-0.2, -0.15) is 5.10 Å². The number of rotatable bonds is 7. The van der Waals surface area contributed by atoms with E-state index in [-0.39, 0.29) is 5.97 Å². The number of carbonyl (C=O) groups excluding carboxylic acids is 1. The van der Waals surface area contributed by atoms with E-state index in [2.05, 4.69) is 22.1 Å². The van der Waals surface area contributed by atoms with Crippen molar-refractivity contribution in [2.24, 2.45) is 7.05 Å². The number of nitrogens with one attached hydrogen (secondary N) is 1. The van der Waals surface area contributed by atoms with Gasteiger partial charge in [0.1, 0.15) is 0 Å². The highest BCUT2D eigenvalue weighted by Gasteiger charge is 2.07. The molecule has 0 fully saturated rings. The number of ether oxygens (including phenoxy) is 1. The fraction of sp³-hybridized carbons (Fsp3) is 0.692. The largest absolute Gasteiger partial charge is 0.469 e. The van der Waals surface area contributed by atoms with Crippen LogP contribution in [0.1, 0.15) is 37.1 Å². The van der Waals surface area contributed by atoms with Gasteiger partial charge in [0.15, 0.2) is 0 Å². The zero-order chi connectivity index (χ0) is 13.5. The first-order valence-electron chi connectivity index (χ1n) is 6.37. The number of hydrogen-bond acceptors (Lipinski definition) is 4. The van der Waals surface area contributed by atoms with Crippen LogP contribution < -0.4 is 5.32 Å². The molecule has 1 heterocycles. The number of aryl methyl sites for hydroxylation is 2. The van der Waals surface area contributed by atoms with Crippen molar-refractivity contribution < 1.29 is 9.53 Å². The molecule has 1 N–H and O–H groups in total. The molecule has 0 saturated heterocycles. The topological polar surface area (TPSA) is 56.1 Å². The maximum atomic E-state index is 10.9. The Bertz CT molecular complexity index is 399. The number of nitrogens with zero attached hydrogens (tertiary/aromatic N) is 2. The highest BCUT2D eigenvalue weighted by Crippen LogP contribution is 2.18. The first-order chi connectivity index (χ1) is 8.56. The van der Waals surface area contributed by atoms with Crippen LogP contribution in [0.2, 0.25) is 0 Å². The fourth-order valence-electron chi connectivity index (χ4n) is 1.92. The molecular weight excluding hydrogens is 230 g/mol. The second kappa shape index (κ2) is 7.03. The summed E-state index contributed by atoms with van der Waals surface area (Å²) in [7, 11) is 3.38. The Labute approximate surface area is 109 Å². The molecule has 102 valence electrons. The van der Waals surface area contributed by atoms with Crippen molar-refractivity contribution in [1.82, 2.24) is 9.78 Å². The predicted octanol–water partition coefficient (Wildman–Crippen LogP) is 2.18. The Morgan fingerprint density at radius 3 is 2.61 bits per heavy atom. The van der Waals surface area contributed by atoms with Gasteiger partial charge in [0.2, 0.25) is 0 Å². The summed E-state index contributed by atoms with van der Waals surface area (Å²) in [5.74, 6) is -0.123. The van der Waals surface area contributed by atoms with E-state index in [4.69, 9.17) is 0 Å². The predicted molar refractivity (Wildman–Crippen MR) is 71.7 cm³/mol. The third-order valence-electron chi connectivity index (χ3n) is 3.10. The van der Waals surface area contributed by atoms with E-state index in [1.165, 1.54) is 7.11 Å². The molecule has 18 heavy (non-hydrogen) atoms. The zero-order valence-electron chi connectivity index (χ0n) is 11.7. The number of methoxy groups -OCH3 is 1. The highest BCUT2D eigenvalue weighted by molar-refractivity contribution is 5.68. The molecule has 0 aliphatic rings. The zero-order valence-corrected chi connectivity index (χ0v) is 11.7. The summed E-state index contributed by atoms with van der Waals surface area (Å²) in [5.41, 5.74) is 3.32. The maximum absolute atomic E-state index is 10.9. The molecule has 0 bridgehead atoms. The fourth-order valence-corrected chi connectivity index (χ4v) is 1.92. The van der Waals surface area contributed by atoms with Gasteiger partial charge in [-0.25, -0.2) is 0 Å². The van der Waals surface area contributed by atoms with Crippen LogP contribution in [0, 0.1) is 13.8 Å². The van der Waals surface area contributed by atoms with E-state index in [1.807, 2.05) is 18.7 Å². The summed E-state index contributed by atoms with van der Waals surface area (Å²) in [6, 6.07) is 0. The summed E-state index contributed by atoms with van der Waals surface area (Å²) >= 11 is 0. The van der Waals surface area contributed by atoms with Crippen molar-refractivity contribution in [3.8, 4) is 0 Å². The van der Waals surface area contributed by atoms with Crippen molar-refractivity contribution in [2.75, 3.05) is 19.0 Å². The summed E-state index contributed by atoms with van der Waals surface area (Å²) in [5, 5.41) is 7.76. The monoisotopic (exact) mass is 253 g/mol. The number of unbranched alkanes of at least 4 members (excludes halogenated alkanes) is 2. The van der Waals surface area contributed by atoms with E-state index in [0.717, 1.165) is 42.9 Å². The van der Waals surface area contributed by atoms with Crippen LogP contribution in [-0.4, -0.2) is 29.4 Å². The molecule has 0 spiro atoms. The molecule has 0 aliphatic heterocycles. The van der Waals surface area contributed by atoms with E-state index in [9.17, 15) is 4.79 Å². The number of hydrogen-bond donors (Lipinski definition) is 1. The molecule has 5 nitrogen and oxygen atoms in total. The van der Waals surface area contributed by atoms with Crippen LogP contribution in [0.5, 0.6) is 0 Å². The quantitative estimate of drug-likeness (QED) is 0.598. The van der Waals surface area contributed by atoms with Crippen LogP contribution in [-0.2, 0) is 16.6 Å². The minimum absolute atomic E-state index is 0.123. The van der Waals surface area contributed by atoms with E-state index >= 15 is 0 Å².